The number of hydrogen-bond donors (Lipinski definition) is 0. The minimum atomic E-state index is 0.818. The maximum Gasteiger partial charge on any atom is 0.193 e. The first kappa shape index (κ1) is 13.7. The van der Waals surface area contributed by atoms with Gasteiger partial charge in [-0.05, 0) is 32.9 Å². The zero-order chi connectivity index (χ0) is 13.0. The van der Waals surface area contributed by atoms with Gasteiger partial charge < -0.3 is 10.1 Å². The first-order chi connectivity index (χ1) is 8.68. The molecule has 2 rings (SSSR count). The molecule has 18 heavy (non-hydrogen) atoms. The maximum absolute atomic E-state index is 11.4. The van der Waals surface area contributed by atoms with Crippen LogP contribution in [0.5, 0.6) is 0 Å². The van der Waals surface area contributed by atoms with Gasteiger partial charge in [0.25, 0.3) is 0 Å². The average molecular weight is 266 g/mol. The molecule has 0 aromatic carbocycles. The van der Waals surface area contributed by atoms with Crippen LogP contribution < -0.4 is 4.73 Å². The van der Waals surface area contributed by atoms with Crippen LogP contribution in [0.25, 0.3) is 0 Å². The summed E-state index contributed by atoms with van der Waals surface area (Å²) in [6, 6.07) is 1.94. The van der Waals surface area contributed by atoms with Crippen molar-refractivity contribution >= 4 is 11.8 Å². The molecule has 0 unspecified atom stereocenters. The van der Waals surface area contributed by atoms with E-state index in [0.29, 0.717) is 0 Å². The Labute approximate surface area is 114 Å². The van der Waals surface area contributed by atoms with Gasteiger partial charge in [-0.25, -0.2) is 0 Å². The fourth-order valence-electron chi connectivity index (χ4n) is 2.34. The van der Waals surface area contributed by atoms with Crippen LogP contribution in [0.1, 0.15) is 30.5 Å². The molecule has 0 spiro atoms. The molecular weight excluding hydrogens is 244 g/mol. The van der Waals surface area contributed by atoms with E-state index in [1.54, 1.807) is 6.20 Å². The normalized spacial score (nSPS) is 17.0. The first-order valence-corrected chi connectivity index (χ1v) is 7.71. The molecule has 1 aromatic heterocycles. The number of piperidine rings is 1. The topological polar surface area (TPSA) is 30.2 Å². The molecule has 0 bridgehead atoms. The third-order valence-corrected chi connectivity index (χ3v) is 4.86. The van der Waals surface area contributed by atoms with Crippen LogP contribution in [0.4, 0.5) is 0 Å². The maximum atomic E-state index is 11.4. The molecule has 0 radical (unpaired) electrons. The zero-order valence-corrected chi connectivity index (χ0v) is 12.1. The number of likely N-dealkylation sites (tertiary alicyclic amines) is 1. The Kier molecular flexibility index (Phi) is 4.89. The molecule has 3 nitrogen and oxygen atoms in total. The van der Waals surface area contributed by atoms with Gasteiger partial charge in [0.1, 0.15) is 0 Å². The van der Waals surface area contributed by atoms with E-state index in [9.17, 15) is 5.21 Å². The number of rotatable bonds is 4. The molecule has 1 aliphatic heterocycles. The molecule has 1 aliphatic rings. The van der Waals surface area contributed by atoms with Gasteiger partial charge in [0, 0.05) is 35.7 Å². The number of nitrogens with zero attached hydrogens (tertiary/aromatic N) is 2. The summed E-state index contributed by atoms with van der Waals surface area (Å²) in [4.78, 5) is 3.80. The standard InChI is InChI=1S/C14H22N2OS/c1-12-13(2)16(17)9-6-14(12)18-11-10-15-7-4-3-5-8-15/h6,9H,3-5,7-8,10-11H2,1-2H3. The number of hydrogen-bond acceptors (Lipinski definition) is 3. The van der Waals surface area contributed by atoms with Crippen LogP contribution >= 0.6 is 11.8 Å². The highest BCUT2D eigenvalue weighted by Gasteiger charge is 2.12. The molecule has 1 fully saturated rings. The Morgan fingerprint density at radius 3 is 2.72 bits per heavy atom. The van der Waals surface area contributed by atoms with E-state index in [4.69, 9.17) is 0 Å². The Bertz CT molecular complexity index is 403. The summed E-state index contributed by atoms with van der Waals surface area (Å²) in [6.45, 7) is 7.60. The zero-order valence-electron chi connectivity index (χ0n) is 11.3. The quantitative estimate of drug-likeness (QED) is 0.476. The van der Waals surface area contributed by atoms with Crippen molar-refractivity contribution in [2.24, 2.45) is 0 Å². The molecule has 4 heteroatoms. The number of pyridine rings is 1. The van der Waals surface area contributed by atoms with Crippen LogP contribution in [0.15, 0.2) is 17.2 Å². The number of aromatic nitrogens is 1. The summed E-state index contributed by atoms with van der Waals surface area (Å²) in [5.41, 5.74) is 1.94. The van der Waals surface area contributed by atoms with Gasteiger partial charge in [0.05, 0.1) is 0 Å². The lowest BCUT2D eigenvalue weighted by atomic mass is 10.1. The Hall–Kier alpha value is -0.740. The van der Waals surface area contributed by atoms with E-state index in [0.717, 1.165) is 28.3 Å². The summed E-state index contributed by atoms with van der Waals surface area (Å²) in [7, 11) is 0. The SMILES string of the molecule is Cc1c(SCCN2CCCCC2)cc[n+]([O-])c1C. The smallest absolute Gasteiger partial charge is 0.193 e. The highest BCUT2D eigenvalue weighted by molar-refractivity contribution is 7.99. The molecule has 0 atom stereocenters. The van der Waals surface area contributed by atoms with Crippen LogP contribution in [0.2, 0.25) is 0 Å². The summed E-state index contributed by atoms with van der Waals surface area (Å²) < 4.78 is 0.948. The third-order valence-electron chi connectivity index (χ3n) is 3.72. The van der Waals surface area contributed by atoms with Crippen molar-refractivity contribution in [1.82, 2.24) is 4.90 Å². The van der Waals surface area contributed by atoms with Crippen molar-refractivity contribution < 1.29 is 4.73 Å². The van der Waals surface area contributed by atoms with Gasteiger partial charge in [-0.15, -0.1) is 11.8 Å². The van der Waals surface area contributed by atoms with Crippen LogP contribution in [-0.4, -0.2) is 30.3 Å². The van der Waals surface area contributed by atoms with Crippen LogP contribution in [0, 0.1) is 19.1 Å². The third kappa shape index (κ3) is 3.39. The number of thioether (sulfide) groups is 1. The van der Waals surface area contributed by atoms with Gasteiger partial charge in [-0.2, -0.15) is 4.73 Å². The van der Waals surface area contributed by atoms with Crippen molar-refractivity contribution in [2.75, 3.05) is 25.4 Å². The monoisotopic (exact) mass is 266 g/mol. The largest absolute Gasteiger partial charge is 0.619 e. The summed E-state index contributed by atoms with van der Waals surface area (Å²) in [6.07, 6.45) is 5.71. The van der Waals surface area contributed by atoms with E-state index in [-0.39, 0.29) is 0 Å². The minimum Gasteiger partial charge on any atom is -0.619 e. The average Bonchev–Trinajstić information content (AvgIpc) is 2.40. The predicted octanol–water partition coefficient (Wildman–Crippen LogP) is 2.51. The predicted molar refractivity (Wildman–Crippen MR) is 75.9 cm³/mol. The van der Waals surface area contributed by atoms with E-state index in [2.05, 4.69) is 4.90 Å². The second-order valence-corrected chi connectivity index (χ2v) is 6.10. The van der Waals surface area contributed by atoms with Gasteiger partial charge in [0.2, 0.25) is 0 Å². The van der Waals surface area contributed by atoms with Crippen molar-refractivity contribution in [3.05, 3.63) is 28.7 Å². The van der Waals surface area contributed by atoms with E-state index in [1.165, 1.54) is 37.2 Å². The molecule has 0 aliphatic carbocycles. The summed E-state index contributed by atoms with van der Waals surface area (Å²) in [5.74, 6) is 1.11. The molecule has 0 N–H and O–H groups in total. The van der Waals surface area contributed by atoms with Crippen molar-refractivity contribution in [2.45, 2.75) is 38.0 Å². The van der Waals surface area contributed by atoms with Crippen LogP contribution in [-0.2, 0) is 0 Å². The van der Waals surface area contributed by atoms with E-state index < -0.39 is 0 Å². The van der Waals surface area contributed by atoms with Crippen molar-refractivity contribution in [1.29, 1.82) is 0 Å². The molecule has 0 amide bonds. The molecule has 0 saturated carbocycles. The molecule has 1 saturated heterocycles. The van der Waals surface area contributed by atoms with Crippen molar-refractivity contribution in [3.8, 4) is 0 Å². The second kappa shape index (κ2) is 6.43. The second-order valence-electron chi connectivity index (χ2n) is 4.97. The Morgan fingerprint density at radius 2 is 2.00 bits per heavy atom. The summed E-state index contributed by atoms with van der Waals surface area (Å²) >= 11 is 1.87. The van der Waals surface area contributed by atoms with Gasteiger partial charge >= 0.3 is 0 Å². The lowest BCUT2D eigenvalue weighted by Crippen LogP contribution is -2.32. The first-order valence-electron chi connectivity index (χ1n) is 6.73. The lowest BCUT2D eigenvalue weighted by molar-refractivity contribution is -0.613. The fraction of sp³-hybridized carbons (Fsp3) is 0.643. The van der Waals surface area contributed by atoms with Gasteiger partial charge in [0.15, 0.2) is 11.9 Å². The van der Waals surface area contributed by atoms with E-state index >= 15 is 0 Å². The summed E-state index contributed by atoms with van der Waals surface area (Å²) in [5, 5.41) is 11.4. The molecule has 2 heterocycles. The lowest BCUT2D eigenvalue weighted by Gasteiger charge is -2.26. The highest BCUT2D eigenvalue weighted by atomic mass is 32.2. The minimum absolute atomic E-state index is 0.818. The van der Waals surface area contributed by atoms with E-state index in [1.807, 2.05) is 31.7 Å². The Morgan fingerprint density at radius 1 is 1.28 bits per heavy atom. The van der Waals surface area contributed by atoms with Crippen LogP contribution in [0.3, 0.4) is 0 Å². The fourth-order valence-corrected chi connectivity index (χ4v) is 3.43. The van der Waals surface area contributed by atoms with Crippen molar-refractivity contribution in [3.63, 3.8) is 0 Å². The highest BCUT2D eigenvalue weighted by Crippen LogP contribution is 2.23. The molecular formula is C14H22N2OS. The van der Waals surface area contributed by atoms with Gasteiger partial charge in [-0.1, -0.05) is 6.42 Å². The molecule has 1 aromatic rings. The Balaban J connectivity index is 1.84. The van der Waals surface area contributed by atoms with Gasteiger partial charge in [-0.3, -0.25) is 0 Å². The molecule has 100 valence electrons.